The van der Waals surface area contributed by atoms with Gasteiger partial charge in [-0.15, -0.1) is 10.2 Å². The van der Waals surface area contributed by atoms with Crippen LogP contribution >= 0.6 is 34.5 Å². The second kappa shape index (κ2) is 8.01. The molecule has 0 saturated carbocycles. The fraction of sp³-hybridized carbons (Fsp3) is 0.0952. The zero-order valence-electron chi connectivity index (χ0n) is 16.2. The molecule has 0 spiro atoms. The van der Waals surface area contributed by atoms with Gasteiger partial charge in [0.25, 0.3) is 0 Å². The number of hydrogen-bond donors (Lipinski definition) is 2. The van der Waals surface area contributed by atoms with Crippen LogP contribution in [0.5, 0.6) is 0 Å². The number of amides is 1. The number of carbonyl (C=O) groups excluding carboxylic acids is 1. The normalized spacial score (nSPS) is 11.4. The predicted molar refractivity (Wildman–Crippen MR) is 124 cm³/mol. The largest absolute Gasteiger partial charge is 0.325 e. The first-order valence-electron chi connectivity index (χ1n) is 9.49. The van der Waals surface area contributed by atoms with E-state index in [0.717, 1.165) is 11.3 Å². The molecule has 1 aromatic heterocycles. The van der Waals surface area contributed by atoms with Crippen molar-refractivity contribution in [3.63, 3.8) is 0 Å². The molecule has 11 heteroatoms. The SMILES string of the molecule is O=C(CCc1nnc2sc3c(=O)c4ccccc4c(=O)c=3[nH]n12)Nc1ccc(Cl)cc1Cl. The van der Waals surface area contributed by atoms with Gasteiger partial charge in [-0.3, -0.25) is 19.5 Å². The fourth-order valence-electron chi connectivity index (χ4n) is 3.42. The van der Waals surface area contributed by atoms with Crippen molar-refractivity contribution < 1.29 is 4.79 Å². The highest BCUT2D eigenvalue weighted by Crippen LogP contribution is 2.25. The molecule has 0 saturated heterocycles. The number of aromatic amines is 1. The summed E-state index contributed by atoms with van der Waals surface area (Å²) < 4.78 is 1.82. The summed E-state index contributed by atoms with van der Waals surface area (Å²) >= 11 is 13.0. The van der Waals surface area contributed by atoms with Crippen molar-refractivity contribution in [2.75, 3.05) is 5.32 Å². The zero-order valence-corrected chi connectivity index (χ0v) is 18.5. The van der Waals surface area contributed by atoms with Crippen molar-refractivity contribution in [2.24, 2.45) is 0 Å². The summed E-state index contributed by atoms with van der Waals surface area (Å²) in [7, 11) is 0. The molecule has 1 aliphatic carbocycles. The van der Waals surface area contributed by atoms with Gasteiger partial charge in [0.05, 0.1) is 10.7 Å². The van der Waals surface area contributed by atoms with Gasteiger partial charge in [-0.05, 0) is 18.2 Å². The fourth-order valence-corrected chi connectivity index (χ4v) is 4.83. The lowest BCUT2D eigenvalue weighted by molar-refractivity contribution is -0.116. The van der Waals surface area contributed by atoms with Gasteiger partial charge < -0.3 is 5.32 Å². The molecule has 1 amide bonds. The smallest absolute Gasteiger partial charge is 0.231 e. The maximum atomic E-state index is 12.9. The molecule has 0 radical (unpaired) electrons. The number of benzene rings is 2. The van der Waals surface area contributed by atoms with Crippen LogP contribution in [0.15, 0.2) is 52.1 Å². The second-order valence-corrected chi connectivity index (χ2v) is 8.85. The first-order valence-corrected chi connectivity index (χ1v) is 11.1. The molecule has 0 unspecified atom stereocenters. The molecule has 0 bridgehead atoms. The minimum absolute atomic E-state index is 0.102. The summed E-state index contributed by atoms with van der Waals surface area (Å²) in [4.78, 5) is 38.6. The standard InChI is InChI=1S/C21H13Cl2N5O3S/c22-10-5-6-14(13(23)9-10)24-16(29)8-7-15-25-26-21-28(15)27-17-18(30)11-3-1-2-4-12(11)19(31)20(17)32-21/h1-6,9,27H,7-8H2,(H,24,29). The maximum Gasteiger partial charge on any atom is 0.231 e. The van der Waals surface area contributed by atoms with Crippen LogP contribution in [0.4, 0.5) is 5.69 Å². The Labute approximate surface area is 193 Å². The van der Waals surface area contributed by atoms with E-state index in [2.05, 4.69) is 20.6 Å². The Morgan fingerprint density at radius 1 is 1.06 bits per heavy atom. The Balaban J connectivity index is 1.49. The molecule has 8 nitrogen and oxygen atoms in total. The van der Waals surface area contributed by atoms with E-state index in [-0.39, 0.29) is 39.5 Å². The van der Waals surface area contributed by atoms with Gasteiger partial charge >= 0.3 is 0 Å². The van der Waals surface area contributed by atoms with Crippen LogP contribution in [0.1, 0.15) is 12.2 Å². The second-order valence-electron chi connectivity index (χ2n) is 7.03. The number of nitrogens with zero attached hydrogens (tertiary/aromatic N) is 3. The summed E-state index contributed by atoms with van der Waals surface area (Å²) in [6.45, 7) is 0. The number of halogens is 2. The van der Waals surface area contributed by atoms with Crippen LogP contribution in [0.3, 0.4) is 0 Å². The highest BCUT2D eigenvalue weighted by molar-refractivity contribution is 7.14. The number of anilines is 1. The van der Waals surface area contributed by atoms with Gasteiger partial charge in [0.15, 0.2) is 5.82 Å². The third kappa shape index (κ3) is 3.54. The summed E-state index contributed by atoms with van der Waals surface area (Å²) in [5, 5.41) is 15.6. The molecule has 2 heterocycles. The quantitative estimate of drug-likeness (QED) is 0.404. The van der Waals surface area contributed by atoms with E-state index < -0.39 is 0 Å². The minimum atomic E-state index is -0.275. The molecule has 32 heavy (non-hydrogen) atoms. The molecular formula is C21H13Cl2N5O3S. The molecule has 3 aromatic rings. The van der Waals surface area contributed by atoms with E-state index in [0.29, 0.717) is 37.3 Å². The van der Waals surface area contributed by atoms with Crippen LogP contribution in [0, 0.1) is 9.88 Å². The van der Waals surface area contributed by atoms with Crippen LogP contribution in [-0.4, -0.2) is 25.7 Å². The zero-order chi connectivity index (χ0) is 22.4. The van der Waals surface area contributed by atoms with E-state index in [1.807, 2.05) is 0 Å². The first-order chi connectivity index (χ1) is 15.4. The van der Waals surface area contributed by atoms with E-state index in [9.17, 15) is 14.4 Å². The Hall–Kier alpha value is -3.27. The van der Waals surface area contributed by atoms with Crippen molar-refractivity contribution in [1.82, 2.24) is 19.8 Å². The number of H-pyrrole nitrogens is 1. The number of rotatable bonds is 4. The van der Waals surface area contributed by atoms with Gasteiger partial charge in [-0.25, -0.2) is 4.52 Å². The number of nitrogens with one attached hydrogen (secondary N) is 2. The van der Waals surface area contributed by atoms with Crippen molar-refractivity contribution in [2.45, 2.75) is 12.8 Å². The average Bonchev–Trinajstić information content (AvgIpc) is 3.19. The topological polar surface area (TPSA) is 109 Å². The molecule has 160 valence electrons. The van der Waals surface area contributed by atoms with Gasteiger partial charge in [0.1, 0.15) is 9.88 Å². The van der Waals surface area contributed by atoms with Crippen molar-refractivity contribution in [3.05, 3.63) is 88.7 Å². The number of aryl methyl sites for hydroxylation is 1. The van der Waals surface area contributed by atoms with Gasteiger partial charge in [-0.1, -0.05) is 58.8 Å². The third-order valence-electron chi connectivity index (χ3n) is 4.97. The Kier molecular flexibility index (Phi) is 5.16. The Morgan fingerprint density at radius 2 is 1.81 bits per heavy atom. The molecule has 0 fully saturated rings. The van der Waals surface area contributed by atoms with Crippen LogP contribution in [0.25, 0.3) is 15.7 Å². The minimum Gasteiger partial charge on any atom is -0.325 e. The van der Waals surface area contributed by atoms with Crippen LogP contribution in [-0.2, 0) is 11.2 Å². The van der Waals surface area contributed by atoms with Crippen LogP contribution < -0.4 is 16.2 Å². The molecular weight excluding hydrogens is 473 g/mol. The Morgan fingerprint density at radius 3 is 2.56 bits per heavy atom. The Bertz CT molecular complexity index is 1710. The highest BCUT2D eigenvalue weighted by Gasteiger charge is 2.14. The summed E-state index contributed by atoms with van der Waals surface area (Å²) in [6.07, 6.45) is 0.351. The summed E-state index contributed by atoms with van der Waals surface area (Å²) in [5.41, 5.74) is -0.0522. The lowest BCUT2D eigenvalue weighted by atomic mass is 10.1. The molecule has 1 aliphatic heterocycles. The molecule has 2 aromatic carbocycles. The van der Waals surface area contributed by atoms with Gasteiger partial charge in [0, 0.05) is 28.6 Å². The number of fused-ring (bicyclic) bond motifs is 2. The first kappa shape index (κ1) is 20.6. The van der Waals surface area contributed by atoms with Crippen molar-refractivity contribution >= 4 is 61.9 Å². The van der Waals surface area contributed by atoms with E-state index in [4.69, 9.17) is 23.2 Å². The van der Waals surface area contributed by atoms with Gasteiger partial charge in [-0.2, -0.15) is 0 Å². The van der Waals surface area contributed by atoms with E-state index >= 15 is 0 Å². The molecule has 2 aliphatic rings. The predicted octanol–water partition coefficient (Wildman–Crippen LogP) is 3.60. The summed E-state index contributed by atoms with van der Waals surface area (Å²) in [5.74, 6) is 0.184. The molecule has 2 N–H and O–H groups in total. The number of carbonyl (C=O) groups is 1. The number of aromatic nitrogens is 4. The van der Waals surface area contributed by atoms with Crippen molar-refractivity contribution in [3.8, 4) is 0 Å². The van der Waals surface area contributed by atoms with E-state index in [1.165, 1.54) is 4.52 Å². The molecule has 0 atom stereocenters. The average molecular weight is 486 g/mol. The van der Waals surface area contributed by atoms with Crippen LogP contribution in [0.2, 0.25) is 10.0 Å². The molecule has 5 rings (SSSR count). The highest BCUT2D eigenvalue weighted by atomic mass is 35.5. The lowest BCUT2D eigenvalue weighted by Crippen LogP contribution is -2.18. The third-order valence-corrected chi connectivity index (χ3v) is 6.56. The monoisotopic (exact) mass is 485 g/mol. The lowest BCUT2D eigenvalue weighted by Gasteiger charge is -2.07. The van der Waals surface area contributed by atoms with E-state index in [1.54, 1.807) is 42.5 Å². The van der Waals surface area contributed by atoms with Gasteiger partial charge in [0.2, 0.25) is 21.7 Å². The summed E-state index contributed by atoms with van der Waals surface area (Å²) in [6, 6.07) is 11.5. The van der Waals surface area contributed by atoms with Crippen molar-refractivity contribution in [1.29, 1.82) is 0 Å². The number of hydrogen-bond acceptors (Lipinski definition) is 6. The maximum absolute atomic E-state index is 12.9.